The summed E-state index contributed by atoms with van der Waals surface area (Å²) in [6.07, 6.45) is 5.70. The van der Waals surface area contributed by atoms with E-state index < -0.39 is 0 Å². The van der Waals surface area contributed by atoms with Gasteiger partial charge in [0.15, 0.2) is 0 Å². The highest BCUT2D eigenvalue weighted by molar-refractivity contribution is 4.93. The van der Waals surface area contributed by atoms with Crippen LogP contribution < -0.4 is 5.32 Å². The molecule has 3 nitrogen and oxygen atoms in total. The Morgan fingerprint density at radius 2 is 2.54 bits per heavy atom. The van der Waals surface area contributed by atoms with Crippen LogP contribution in [0, 0.1) is 5.92 Å². The highest BCUT2D eigenvalue weighted by Crippen LogP contribution is 2.24. The Labute approximate surface area is 78.5 Å². The van der Waals surface area contributed by atoms with Crippen molar-refractivity contribution < 1.29 is 4.52 Å². The average Bonchev–Trinajstić information content (AvgIpc) is 2.72. The molecule has 1 N–H and O–H groups in total. The van der Waals surface area contributed by atoms with Crippen LogP contribution in [-0.4, -0.2) is 11.2 Å². The summed E-state index contributed by atoms with van der Waals surface area (Å²) in [5.74, 6) is 1.74. The molecule has 13 heavy (non-hydrogen) atoms. The van der Waals surface area contributed by atoms with E-state index in [2.05, 4.69) is 17.4 Å². The second-order valence-corrected chi connectivity index (χ2v) is 3.87. The van der Waals surface area contributed by atoms with Gasteiger partial charge in [-0.15, -0.1) is 0 Å². The summed E-state index contributed by atoms with van der Waals surface area (Å²) in [7, 11) is 0. The smallest absolute Gasteiger partial charge is 0.150 e. The highest BCUT2D eigenvalue weighted by Gasteiger charge is 2.22. The number of hydrogen-bond acceptors (Lipinski definition) is 3. The summed E-state index contributed by atoms with van der Waals surface area (Å²) < 4.78 is 5.02. The molecule has 0 spiro atoms. The van der Waals surface area contributed by atoms with Crippen LogP contribution >= 0.6 is 0 Å². The molecule has 1 fully saturated rings. The van der Waals surface area contributed by atoms with Crippen molar-refractivity contribution in [1.29, 1.82) is 0 Å². The van der Waals surface area contributed by atoms with Gasteiger partial charge < -0.3 is 9.84 Å². The number of aromatic nitrogens is 1. The van der Waals surface area contributed by atoms with Crippen molar-refractivity contribution in [2.24, 2.45) is 5.92 Å². The maximum absolute atomic E-state index is 5.02. The van der Waals surface area contributed by atoms with Gasteiger partial charge in [0.05, 0.1) is 12.7 Å². The van der Waals surface area contributed by atoms with Crippen LogP contribution in [0.5, 0.6) is 0 Å². The molecule has 1 saturated carbocycles. The second-order valence-electron chi connectivity index (χ2n) is 3.87. The zero-order valence-electron chi connectivity index (χ0n) is 7.99. The molecule has 0 radical (unpaired) electrons. The quantitative estimate of drug-likeness (QED) is 0.772. The van der Waals surface area contributed by atoms with Crippen molar-refractivity contribution in [1.82, 2.24) is 10.5 Å². The van der Waals surface area contributed by atoms with Gasteiger partial charge in [-0.25, -0.2) is 0 Å². The zero-order chi connectivity index (χ0) is 9.10. The highest BCUT2D eigenvalue weighted by atomic mass is 16.5. The minimum Gasteiger partial charge on any atom is -0.360 e. The van der Waals surface area contributed by atoms with E-state index in [1.54, 1.807) is 6.20 Å². The first-order chi connectivity index (χ1) is 6.36. The van der Waals surface area contributed by atoms with Crippen LogP contribution in [0.25, 0.3) is 0 Å². The first-order valence-corrected chi connectivity index (χ1v) is 4.99. The molecule has 3 heteroatoms. The molecule has 0 aromatic carbocycles. The predicted octanol–water partition coefficient (Wildman–Crippen LogP) is 1.95. The standard InChI is InChI=1S/C10H16N2O/c1-8-3-2-4-10(8)11-7-9-5-6-12-13-9/h5-6,8,10-11H,2-4,7H2,1H3. The van der Waals surface area contributed by atoms with Crippen molar-refractivity contribution in [2.45, 2.75) is 38.8 Å². The molecule has 0 bridgehead atoms. The van der Waals surface area contributed by atoms with E-state index in [0.29, 0.717) is 6.04 Å². The van der Waals surface area contributed by atoms with E-state index in [0.717, 1.165) is 18.2 Å². The van der Waals surface area contributed by atoms with Gasteiger partial charge in [0.25, 0.3) is 0 Å². The minimum absolute atomic E-state index is 0.671. The fourth-order valence-electron chi connectivity index (χ4n) is 2.01. The maximum Gasteiger partial charge on any atom is 0.150 e. The van der Waals surface area contributed by atoms with Gasteiger partial charge >= 0.3 is 0 Å². The van der Waals surface area contributed by atoms with Gasteiger partial charge in [-0.1, -0.05) is 18.5 Å². The lowest BCUT2D eigenvalue weighted by Gasteiger charge is -2.15. The minimum atomic E-state index is 0.671. The van der Waals surface area contributed by atoms with Crippen LogP contribution in [0.2, 0.25) is 0 Å². The number of hydrogen-bond donors (Lipinski definition) is 1. The van der Waals surface area contributed by atoms with E-state index in [-0.39, 0.29) is 0 Å². The van der Waals surface area contributed by atoms with Gasteiger partial charge in [0.1, 0.15) is 5.76 Å². The van der Waals surface area contributed by atoms with Gasteiger partial charge in [-0.05, 0) is 18.8 Å². The molecule has 0 amide bonds. The van der Waals surface area contributed by atoms with Crippen molar-refractivity contribution in [3.63, 3.8) is 0 Å². The monoisotopic (exact) mass is 180 g/mol. The lowest BCUT2D eigenvalue weighted by atomic mass is 10.1. The summed E-state index contributed by atoms with van der Waals surface area (Å²) in [5.41, 5.74) is 0. The topological polar surface area (TPSA) is 38.1 Å². The lowest BCUT2D eigenvalue weighted by Crippen LogP contribution is -2.30. The molecule has 0 aliphatic heterocycles. The van der Waals surface area contributed by atoms with Crippen molar-refractivity contribution in [2.75, 3.05) is 0 Å². The second kappa shape index (κ2) is 3.92. The largest absolute Gasteiger partial charge is 0.360 e. The summed E-state index contributed by atoms with van der Waals surface area (Å²) in [4.78, 5) is 0. The fraction of sp³-hybridized carbons (Fsp3) is 0.700. The molecule has 0 saturated heterocycles. The number of nitrogens with one attached hydrogen (secondary N) is 1. The Kier molecular flexibility index (Phi) is 2.64. The molecule has 2 atom stereocenters. The van der Waals surface area contributed by atoms with Crippen LogP contribution in [-0.2, 0) is 6.54 Å². The molecule has 1 heterocycles. The van der Waals surface area contributed by atoms with Gasteiger partial charge in [0.2, 0.25) is 0 Å². The Morgan fingerprint density at radius 3 is 3.15 bits per heavy atom. The molecule has 2 rings (SSSR count). The Hall–Kier alpha value is -0.830. The van der Waals surface area contributed by atoms with Crippen LogP contribution in [0.1, 0.15) is 31.9 Å². The van der Waals surface area contributed by atoms with Crippen molar-refractivity contribution in [3.8, 4) is 0 Å². The average molecular weight is 180 g/mol. The van der Waals surface area contributed by atoms with Gasteiger partial charge in [0, 0.05) is 12.1 Å². The van der Waals surface area contributed by atoms with E-state index in [1.807, 2.05) is 6.07 Å². The summed E-state index contributed by atoms with van der Waals surface area (Å²) in [6, 6.07) is 2.58. The molecule has 2 unspecified atom stereocenters. The first-order valence-electron chi connectivity index (χ1n) is 4.99. The Morgan fingerprint density at radius 1 is 1.62 bits per heavy atom. The predicted molar refractivity (Wildman–Crippen MR) is 50.1 cm³/mol. The molecular weight excluding hydrogens is 164 g/mol. The van der Waals surface area contributed by atoms with Gasteiger partial charge in [-0.3, -0.25) is 0 Å². The summed E-state index contributed by atoms with van der Waals surface area (Å²) in [5, 5.41) is 7.17. The maximum atomic E-state index is 5.02. The normalized spacial score (nSPS) is 28.1. The van der Waals surface area contributed by atoms with E-state index >= 15 is 0 Å². The lowest BCUT2D eigenvalue weighted by molar-refractivity contribution is 0.348. The summed E-state index contributed by atoms with van der Waals surface area (Å²) >= 11 is 0. The van der Waals surface area contributed by atoms with E-state index in [4.69, 9.17) is 4.52 Å². The SMILES string of the molecule is CC1CCCC1NCc1ccno1. The molecule has 72 valence electrons. The van der Waals surface area contributed by atoms with Gasteiger partial charge in [-0.2, -0.15) is 0 Å². The molecule has 1 aliphatic rings. The Balaban J connectivity index is 1.79. The fourth-order valence-corrected chi connectivity index (χ4v) is 2.01. The van der Waals surface area contributed by atoms with E-state index in [9.17, 15) is 0 Å². The zero-order valence-corrected chi connectivity index (χ0v) is 7.99. The third kappa shape index (κ3) is 2.10. The first kappa shape index (κ1) is 8.75. The number of nitrogens with zero attached hydrogens (tertiary/aromatic N) is 1. The Bertz CT molecular complexity index is 245. The molecular formula is C10H16N2O. The van der Waals surface area contributed by atoms with E-state index in [1.165, 1.54) is 19.3 Å². The third-order valence-corrected chi connectivity index (χ3v) is 2.89. The molecule has 1 aromatic heterocycles. The number of rotatable bonds is 3. The molecule has 1 aliphatic carbocycles. The van der Waals surface area contributed by atoms with Crippen molar-refractivity contribution in [3.05, 3.63) is 18.0 Å². The third-order valence-electron chi connectivity index (χ3n) is 2.89. The van der Waals surface area contributed by atoms with Crippen molar-refractivity contribution >= 4 is 0 Å². The van der Waals surface area contributed by atoms with Crippen LogP contribution in [0.3, 0.4) is 0 Å². The van der Waals surface area contributed by atoms with Crippen LogP contribution in [0.4, 0.5) is 0 Å². The molecule has 1 aromatic rings. The van der Waals surface area contributed by atoms with Crippen LogP contribution in [0.15, 0.2) is 16.8 Å². The summed E-state index contributed by atoms with van der Waals surface area (Å²) in [6.45, 7) is 3.13.